The summed E-state index contributed by atoms with van der Waals surface area (Å²) in [6.45, 7) is 4.47. The zero-order valence-electron chi connectivity index (χ0n) is 11.8. The summed E-state index contributed by atoms with van der Waals surface area (Å²) in [4.78, 5) is 15.7. The first-order chi connectivity index (χ1) is 8.92. The Kier molecular flexibility index (Phi) is 5.53. The first-order valence-electron chi connectivity index (χ1n) is 6.17. The van der Waals surface area contributed by atoms with Gasteiger partial charge >= 0.3 is 5.97 Å². The number of nitrogens with two attached hydrogens (primary N) is 1. The molecule has 1 aromatic heterocycles. The van der Waals surface area contributed by atoms with Gasteiger partial charge in [-0.2, -0.15) is 0 Å². The molecule has 0 aliphatic carbocycles. The maximum Gasteiger partial charge on any atom is 0.360 e. The minimum absolute atomic E-state index is 0.0769. The van der Waals surface area contributed by atoms with Crippen LogP contribution in [-0.4, -0.2) is 38.3 Å². The highest BCUT2D eigenvalue weighted by molar-refractivity contribution is 7.84. The van der Waals surface area contributed by atoms with Crippen LogP contribution in [0, 0.1) is 0 Å². The monoisotopic (exact) mass is 287 g/mol. The molecule has 0 amide bonds. The van der Waals surface area contributed by atoms with Gasteiger partial charge in [0, 0.05) is 35.3 Å². The van der Waals surface area contributed by atoms with Crippen molar-refractivity contribution in [3.63, 3.8) is 0 Å². The second kappa shape index (κ2) is 6.70. The molecule has 0 fully saturated rings. The Hall–Kier alpha value is -1.37. The SMILES string of the molecule is CCc1nc(C(=O)OC)c(N)n1CCC(C)S(C)=O. The Labute approximate surface area is 115 Å². The van der Waals surface area contributed by atoms with Crippen LogP contribution in [0.5, 0.6) is 0 Å². The van der Waals surface area contributed by atoms with Crippen LogP contribution in [0.15, 0.2) is 0 Å². The van der Waals surface area contributed by atoms with Crippen LogP contribution in [0.1, 0.15) is 36.6 Å². The molecule has 0 bridgehead atoms. The number of aromatic nitrogens is 2. The van der Waals surface area contributed by atoms with Gasteiger partial charge in [-0.05, 0) is 6.42 Å². The van der Waals surface area contributed by atoms with E-state index in [-0.39, 0.29) is 10.9 Å². The molecule has 0 radical (unpaired) electrons. The minimum atomic E-state index is -0.869. The van der Waals surface area contributed by atoms with Crippen molar-refractivity contribution in [2.75, 3.05) is 19.1 Å². The summed E-state index contributed by atoms with van der Waals surface area (Å²) in [6.07, 6.45) is 3.07. The van der Waals surface area contributed by atoms with Gasteiger partial charge in [0.2, 0.25) is 0 Å². The molecule has 1 rings (SSSR count). The molecule has 1 aromatic rings. The number of hydrogen-bond acceptors (Lipinski definition) is 5. The number of ether oxygens (including phenoxy) is 1. The van der Waals surface area contributed by atoms with E-state index in [2.05, 4.69) is 9.72 Å². The van der Waals surface area contributed by atoms with Gasteiger partial charge in [-0.15, -0.1) is 0 Å². The standard InChI is InChI=1S/C12H21N3O3S/c1-5-9-14-10(12(16)18-3)11(13)15(9)7-6-8(2)19(4)17/h8H,5-7,13H2,1-4H3. The van der Waals surface area contributed by atoms with Crippen molar-refractivity contribution >= 4 is 22.6 Å². The number of imidazole rings is 1. The second-order valence-electron chi connectivity index (χ2n) is 4.36. The largest absolute Gasteiger partial charge is 0.464 e. The first-order valence-corrected chi connectivity index (χ1v) is 7.79. The van der Waals surface area contributed by atoms with Gasteiger partial charge in [-0.3, -0.25) is 4.21 Å². The van der Waals surface area contributed by atoms with Gasteiger partial charge in [-0.25, -0.2) is 9.78 Å². The summed E-state index contributed by atoms with van der Waals surface area (Å²) in [5.74, 6) is 0.530. The molecule has 6 nitrogen and oxygen atoms in total. The number of carbonyl (C=O) groups is 1. The number of anilines is 1. The van der Waals surface area contributed by atoms with Crippen molar-refractivity contribution in [2.24, 2.45) is 0 Å². The lowest BCUT2D eigenvalue weighted by molar-refractivity contribution is 0.0595. The van der Waals surface area contributed by atoms with E-state index in [1.807, 2.05) is 13.8 Å². The van der Waals surface area contributed by atoms with Gasteiger partial charge in [0.1, 0.15) is 11.6 Å². The second-order valence-corrected chi connectivity index (χ2v) is 6.16. The topological polar surface area (TPSA) is 87.2 Å². The number of carbonyl (C=O) groups excluding carboxylic acids is 1. The third-order valence-corrected chi connectivity index (χ3v) is 4.48. The summed E-state index contributed by atoms with van der Waals surface area (Å²) >= 11 is 0. The molecule has 0 saturated heterocycles. The maximum absolute atomic E-state index is 11.5. The van der Waals surface area contributed by atoms with Crippen molar-refractivity contribution in [1.29, 1.82) is 0 Å². The highest BCUT2D eigenvalue weighted by Gasteiger charge is 2.20. The van der Waals surface area contributed by atoms with E-state index in [1.165, 1.54) is 7.11 Å². The van der Waals surface area contributed by atoms with E-state index in [0.29, 0.717) is 18.8 Å². The molecule has 1 heterocycles. The molecule has 2 N–H and O–H groups in total. The third kappa shape index (κ3) is 3.56. The molecule has 2 unspecified atom stereocenters. The smallest absolute Gasteiger partial charge is 0.360 e. The quantitative estimate of drug-likeness (QED) is 0.788. The lowest BCUT2D eigenvalue weighted by Crippen LogP contribution is -2.15. The highest BCUT2D eigenvalue weighted by atomic mass is 32.2. The molecule has 0 aromatic carbocycles. The average Bonchev–Trinajstić information content (AvgIpc) is 2.71. The van der Waals surface area contributed by atoms with Crippen LogP contribution in [0.3, 0.4) is 0 Å². The minimum Gasteiger partial charge on any atom is -0.464 e. The van der Waals surface area contributed by atoms with E-state index >= 15 is 0 Å². The van der Waals surface area contributed by atoms with Crippen LogP contribution in [-0.2, 0) is 28.5 Å². The number of esters is 1. The van der Waals surface area contributed by atoms with Crippen LogP contribution >= 0.6 is 0 Å². The normalized spacial score (nSPS) is 14.1. The van der Waals surface area contributed by atoms with Crippen LogP contribution < -0.4 is 5.73 Å². The molecule has 0 aliphatic heterocycles. The molecule has 19 heavy (non-hydrogen) atoms. The number of nitrogens with zero attached hydrogens (tertiary/aromatic N) is 2. The fourth-order valence-electron chi connectivity index (χ4n) is 1.76. The van der Waals surface area contributed by atoms with Crippen LogP contribution in [0.2, 0.25) is 0 Å². The predicted molar refractivity (Wildman–Crippen MR) is 75.5 cm³/mol. The molecule has 0 saturated carbocycles. The Bertz CT molecular complexity index is 485. The summed E-state index contributed by atoms with van der Waals surface area (Å²) in [7, 11) is 0.431. The summed E-state index contributed by atoms with van der Waals surface area (Å²) in [6, 6.07) is 0. The molecular weight excluding hydrogens is 266 g/mol. The Morgan fingerprint density at radius 2 is 2.21 bits per heavy atom. The number of rotatable bonds is 6. The number of methoxy groups -OCH3 is 1. The van der Waals surface area contributed by atoms with Crippen molar-refractivity contribution in [3.8, 4) is 0 Å². The van der Waals surface area contributed by atoms with E-state index in [4.69, 9.17) is 5.73 Å². The molecule has 2 atom stereocenters. The lowest BCUT2D eigenvalue weighted by atomic mass is 10.3. The highest BCUT2D eigenvalue weighted by Crippen LogP contribution is 2.17. The van der Waals surface area contributed by atoms with Gasteiger partial charge in [0.05, 0.1) is 7.11 Å². The van der Waals surface area contributed by atoms with E-state index in [9.17, 15) is 9.00 Å². The molecular formula is C12H21N3O3S. The zero-order valence-corrected chi connectivity index (χ0v) is 12.6. The molecule has 7 heteroatoms. The number of hydrogen-bond donors (Lipinski definition) is 1. The Balaban J connectivity index is 2.96. The average molecular weight is 287 g/mol. The first kappa shape index (κ1) is 15.7. The Morgan fingerprint density at radius 1 is 1.58 bits per heavy atom. The van der Waals surface area contributed by atoms with E-state index in [1.54, 1.807) is 10.8 Å². The van der Waals surface area contributed by atoms with Gasteiger partial charge < -0.3 is 15.0 Å². The zero-order chi connectivity index (χ0) is 14.6. The van der Waals surface area contributed by atoms with E-state index < -0.39 is 16.8 Å². The fraction of sp³-hybridized carbons (Fsp3) is 0.667. The van der Waals surface area contributed by atoms with Crippen LogP contribution in [0.25, 0.3) is 0 Å². The summed E-state index contributed by atoms with van der Waals surface area (Å²) in [5, 5.41) is 0.0769. The molecule has 0 spiro atoms. The molecule has 0 aliphatic rings. The lowest BCUT2D eigenvalue weighted by Gasteiger charge is -2.12. The van der Waals surface area contributed by atoms with Gasteiger partial charge in [0.25, 0.3) is 0 Å². The third-order valence-electron chi connectivity index (χ3n) is 3.11. The van der Waals surface area contributed by atoms with Crippen molar-refractivity contribution < 1.29 is 13.7 Å². The van der Waals surface area contributed by atoms with E-state index in [0.717, 1.165) is 12.2 Å². The van der Waals surface area contributed by atoms with Crippen molar-refractivity contribution in [2.45, 2.75) is 38.5 Å². The maximum atomic E-state index is 11.5. The van der Waals surface area contributed by atoms with Gasteiger partial charge in [-0.1, -0.05) is 13.8 Å². The number of nitrogen functional groups attached to an aromatic ring is 1. The fourth-order valence-corrected chi connectivity index (χ4v) is 2.19. The van der Waals surface area contributed by atoms with Crippen molar-refractivity contribution in [1.82, 2.24) is 9.55 Å². The summed E-state index contributed by atoms with van der Waals surface area (Å²) < 4.78 is 17.8. The number of aryl methyl sites for hydroxylation is 1. The predicted octanol–water partition coefficient (Wildman–Crippen LogP) is 0.971. The Morgan fingerprint density at radius 3 is 2.68 bits per heavy atom. The van der Waals surface area contributed by atoms with Crippen molar-refractivity contribution in [3.05, 3.63) is 11.5 Å². The summed E-state index contributed by atoms with van der Waals surface area (Å²) in [5.41, 5.74) is 6.10. The van der Waals surface area contributed by atoms with Gasteiger partial charge in [0.15, 0.2) is 5.69 Å². The van der Waals surface area contributed by atoms with Crippen LogP contribution in [0.4, 0.5) is 5.82 Å². The molecule has 108 valence electrons.